The highest BCUT2D eigenvalue weighted by atomic mass is 32.1. The maximum atomic E-state index is 13.6. The molecule has 0 aromatic carbocycles. The number of aromatic nitrogens is 2. The average molecular weight is 459 g/mol. The van der Waals surface area contributed by atoms with Crippen LogP contribution in [0.4, 0.5) is 0 Å². The number of ether oxygens (including phenoxy) is 1. The number of morpholine rings is 1. The molecule has 1 N–H and O–H groups in total. The summed E-state index contributed by atoms with van der Waals surface area (Å²) in [5.74, 6) is 0.645. The molecule has 0 radical (unpaired) electrons. The van der Waals surface area contributed by atoms with Gasteiger partial charge in [-0.1, -0.05) is 32.1 Å². The maximum Gasteiger partial charge on any atom is 0.263 e. The number of carbonyl (C=O) groups is 1. The summed E-state index contributed by atoms with van der Waals surface area (Å²) in [4.78, 5) is 36.1. The van der Waals surface area contributed by atoms with Crippen LogP contribution in [-0.4, -0.2) is 52.7 Å². The Morgan fingerprint density at radius 2 is 1.81 bits per heavy atom. The number of thiophene rings is 1. The van der Waals surface area contributed by atoms with Crippen molar-refractivity contribution in [3.8, 4) is 0 Å². The zero-order valence-electron chi connectivity index (χ0n) is 18.9. The van der Waals surface area contributed by atoms with Crippen molar-refractivity contribution in [3.05, 3.63) is 26.6 Å². The van der Waals surface area contributed by atoms with Gasteiger partial charge in [0, 0.05) is 24.0 Å². The van der Waals surface area contributed by atoms with E-state index in [1.54, 1.807) is 15.9 Å². The van der Waals surface area contributed by atoms with Crippen molar-refractivity contribution in [2.75, 3.05) is 26.3 Å². The molecule has 2 fully saturated rings. The van der Waals surface area contributed by atoms with Crippen molar-refractivity contribution < 1.29 is 9.53 Å². The largest absolute Gasteiger partial charge is 0.379 e. The van der Waals surface area contributed by atoms with E-state index in [2.05, 4.69) is 10.2 Å². The predicted molar refractivity (Wildman–Crippen MR) is 126 cm³/mol. The number of aryl methyl sites for hydroxylation is 2. The van der Waals surface area contributed by atoms with Crippen LogP contribution in [0.15, 0.2) is 4.79 Å². The number of rotatable bonds is 5. The fourth-order valence-electron chi connectivity index (χ4n) is 5.38. The van der Waals surface area contributed by atoms with E-state index in [4.69, 9.17) is 9.72 Å². The third-order valence-electron chi connectivity index (χ3n) is 7.14. The summed E-state index contributed by atoms with van der Waals surface area (Å²) in [7, 11) is 0. The van der Waals surface area contributed by atoms with Gasteiger partial charge in [0.25, 0.3) is 5.56 Å². The van der Waals surface area contributed by atoms with Gasteiger partial charge in [-0.2, -0.15) is 0 Å². The second-order valence-electron chi connectivity index (χ2n) is 9.45. The number of nitrogens with zero attached hydrogens (tertiary/aromatic N) is 3. The summed E-state index contributed by atoms with van der Waals surface area (Å²) in [6, 6.07) is 0.225. The third kappa shape index (κ3) is 4.77. The summed E-state index contributed by atoms with van der Waals surface area (Å²) in [5.41, 5.74) is 1.14. The molecule has 0 spiro atoms. The molecule has 2 aliphatic carbocycles. The van der Waals surface area contributed by atoms with Crippen LogP contribution in [0.25, 0.3) is 10.2 Å². The van der Waals surface area contributed by atoms with Crippen LogP contribution in [0, 0.1) is 0 Å². The first-order chi connectivity index (χ1) is 15.7. The minimum atomic E-state index is -0.0612. The highest BCUT2D eigenvalue weighted by molar-refractivity contribution is 7.18. The molecule has 3 heterocycles. The van der Waals surface area contributed by atoms with Crippen molar-refractivity contribution in [1.82, 2.24) is 19.8 Å². The Kier molecular flexibility index (Phi) is 6.90. The smallest absolute Gasteiger partial charge is 0.263 e. The lowest BCUT2D eigenvalue weighted by Gasteiger charge is -2.27. The second-order valence-corrected chi connectivity index (χ2v) is 10.5. The molecule has 32 heavy (non-hydrogen) atoms. The fourth-order valence-corrected chi connectivity index (χ4v) is 6.65. The second kappa shape index (κ2) is 10.0. The lowest BCUT2D eigenvalue weighted by atomic mass is 9.97. The molecule has 0 bridgehead atoms. The highest BCUT2D eigenvalue weighted by Gasteiger charge is 2.25. The van der Waals surface area contributed by atoms with Gasteiger partial charge in [0.05, 0.1) is 25.1 Å². The van der Waals surface area contributed by atoms with E-state index in [1.807, 2.05) is 0 Å². The average Bonchev–Trinajstić information content (AvgIpc) is 3.34. The van der Waals surface area contributed by atoms with E-state index in [0.717, 1.165) is 55.4 Å². The predicted octanol–water partition coefficient (Wildman–Crippen LogP) is 3.01. The standard InChI is InChI=1S/C24H34N4O3S/c29-21(25-17-7-4-2-1-3-5-8-17)16-28-20(15-27-11-13-31-14-12-27)26-23-22(24(28)30)18-9-6-10-19(18)32-23/h17H,1-16H2,(H,25,29). The van der Waals surface area contributed by atoms with Crippen molar-refractivity contribution in [2.24, 2.45) is 0 Å². The zero-order chi connectivity index (χ0) is 21.9. The van der Waals surface area contributed by atoms with Crippen LogP contribution >= 0.6 is 11.3 Å². The van der Waals surface area contributed by atoms with Gasteiger partial charge in [-0.25, -0.2) is 4.98 Å². The van der Waals surface area contributed by atoms with Crippen molar-refractivity contribution in [1.29, 1.82) is 0 Å². The highest BCUT2D eigenvalue weighted by Crippen LogP contribution is 2.34. The monoisotopic (exact) mass is 458 g/mol. The van der Waals surface area contributed by atoms with E-state index in [0.29, 0.717) is 25.6 Å². The van der Waals surface area contributed by atoms with Crippen LogP contribution in [0.3, 0.4) is 0 Å². The Morgan fingerprint density at radius 1 is 1.06 bits per heavy atom. The normalized spacial score (nSPS) is 20.8. The van der Waals surface area contributed by atoms with E-state index in [1.165, 1.54) is 42.5 Å². The first-order valence-corrected chi connectivity index (χ1v) is 13.1. The Balaban J connectivity index is 1.42. The van der Waals surface area contributed by atoms with E-state index < -0.39 is 0 Å². The van der Waals surface area contributed by atoms with Crippen LogP contribution < -0.4 is 10.9 Å². The van der Waals surface area contributed by atoms with Crippen LogP contribution in [0.1, 0.15) is 67.6 Å². The molecule has 0 atom stereocenters. The molecule has 8 heteroatoms. The van der Waals surface area contributed by atoms with Gasteiger partial charge in [-0.15, -0.1) is 11.3 Å². The first kappa shape index (κ1) is 22.0. The summed E-state index contributed by atoms with van der Waals surface area (Å²) in [5, 5.41) is 3.99. The minimum Gasteiger partial charge on any atom is -0.379 e. The van der Waals surface area contributed by atoms with Crippen LogP contribution in [0.5, 0.6) is 0 Å². The molecule has 1 amide bonds. The van der Waals surface area contributed by atoms with Gasteiger partial charge in [-0.3, -0.25) is 19.1 Å². The van der Waals surface area contributed by atoms with Gasteiger partial charge in [-0.05, 0) is 37.7 Å². The summed E-state index contributed by atoms with van der Waals surface area (Å²) in [6.07, 6.45) is 11.3. The Hall–Kier alpha value is -1.77. The number of hydrogen-bond acceptors (Lipinski definition) is 6. The van der Waals surface area contributed by atoms with E-state index in [9.17, 15) is 9.59 Å². The van der Waals surface area contributed by atoms with Gasteiger partial charge in [0.1, 0.15) is 17.2 Å². The summed E-state index contributed by atoms with van der Waals surface area (Å²) < 4.78 is 7.13. The van der Waals surface area contributed by atoms with Gasteiger partial charge in [0.2, 0.25) is 5.91 Å². The van der Waals surface area contributed by atoms with Crippen LogP contribution in [0.2, 0.25) is 0 Å². The number of nitrogens with one attached hydrogen (secondary N) is 1. The molecule has 2 aromatic heterocycles. The lowest BCUT2D eigenvalue weighted by Crippen LogP contribution is -2.42. The molecule has 5 rings (SSSR count). The van der Waals surface area contributed by atoms with Crippen molar-refractivity contribution in [2.45, 2.75) is 83.3 Å². The Labute approximate surface area is 193 Å². The fraction of sp³-hybridized carbons (Fsp3) is 0.708. The van der Waals surface area contributed by atoms with Crippen LogP contribution in [-0.2, 0) is 35.5 Å². The van der Waals surface area contributed by atoms with E-state index >= 15 is 0 Å². The molecular formula is C24H34N4O3S. The lowest BCUT2D eigenvalue weighted by molar-refractivity contribution is -0.122. The number of amides is 1. The summed E-state index contributed by atoms with van der Waals surface area (Å²) >= 11 is 1.67. The van der Waals surface area contributed by atoms with Gasteiger partial charge in [0.15, 0.2) is 0 Å². The molecule has 2 aromatic rings. The number of fused-ring (bicyclic) bond motifs is 3. The van der Waals surface area contributed by atoms with Crippen molar-refractivity contribution in [3.63, 3.8) is 0 Å². The third-order valence-corrected chi connectivity index (χ3v) is 8.33. The zero-order valence-corrected chi connectivity index (χ0v) is 19.7. The molecule has 1 aliphatic heterocycles. The Bertz CT molecular complexity index is 1020. The molecule has 1 saturated heterocycles. The van der Waals surface area contributed by atoms with Gasteiger partial charge >= 0.3 is 0 Å². The molecule has 0 unspecified atom stereocenters. The summed E-state index contributed by atoms with van der Waals surface area (Å²) in [6.45, 7) is 3.67. The molecule has 174 valence electrons. The Morgan fingerprint density at radius 3 is 2.59 bits per heavy atom. The number of hydrogen-bond donors (Lipinski definition) is 1. The minimum absolute atomic E-state index is 0.0366. The van der Waals surface area contributed by atoms with Crippen molar-refractivity contribution >= 4 is 27.5 Å². The maximum absolute atomic E-state index is 13.6. The molecule has 7 nitrogen and oxygen atoms in total. The molecule has 3 aliphatic rings. The van der Waals surface area contributed by atoms with Gasteiger partial charge < -0.3 is 10.1 Å². The SMILES string of the molecule is O=C(Cn1c(CN2CCOCC2)nc2sc3c(c2c1=O)CCC3)NC1CCCCCCC1. The quantitative estimate of drug-likeness (QED) is 0.745. The molecule has 1 saturated carbocycles. The first-order valence-electron chi connectivity index (χ1n) is 12.3. The number of carbonyl (C=O) groups excluding carboxylic acids is 1. The van der Waals surface area contributed by atoms with E-state index in [-0.39, 0.29) is 24.1 Å². The topological polar surface area (TPSA) is 76.5 Å². The molecular weight excluding hydrogens is 424 g/mol.